The minimum absolute atomic E-state index is 0.289. The van der Waals surface area contributed by atoms with Crippen molar-refractivity contribution in [3.8, 4) is 0 Å². The van der Waals surface area contributed by atoms with Gasteiger partial charge in [0, 0.05) is 18.7 Å². The van der Waals surface area contributed by atoms with Gasteiger partial charge >= 0.3 is 6.09 Å². The van der Waals surface area contributed by atoms with E-state index in [1.54, 1.807) is 9.58 Å². The molecule has 0 saturated heterocycles. The van der Waals surface area contributed by atoms with Crippen molar-refractivity contribution in [3.63, 3.8) is 0 Å². The molecule has 0 aromatic carbocycles. The number of anilines is 1. The van der Waals surface area contributed by atoms with Crippen LogP contribution in [-0.4, -0.2) is 32.9 Å². The van der Waals surface area contributed by atoms with Gasteiger partial charge in [0.05, 0.1) is 12.2 Å². The van der Waals surface area contributed by atoms with E-state index in [-0.39, 0.29) is 6.09 Å². The number of aryl methyl sites for hydroxylation is 1. The van der Waals surface area contributed by atoms with E-state index >= 15 is 0 Å². The van der Waals surface area contributed by atoms with Gasteiger partial charge in [-0.05, 0) is 34.1 Å². The minimum atomic E-state index is -0.473. The summed E-state index contributed by atoms with van der Waals surface area (Å²) in [7, 11) is 0. The Morgan fingerprint density at radius 1 is 1.47 bits per heavy atom. The molecule has 2 rings (SSSR count). The van der Waals surface area contributed by atoms with Crippen LogP contribution in [0.4, 0.5) is 10.6 Å². The average Bonchev–Trinajstić information content (AvgIpc) is 2.63. The molecule has 1 aromatic rings. The van der Waals surface area contributed by atoms with Gasteiger partial charge in [0.25, 0.3) is 0 Å². The van der Waals surface area contributed by atoms with E-state index in [0.717, 1.165) is 30.0 Å². The van der Waals surface area contributed by atoms with Gasteiger partial charge in [-0.25, -0.2) is 9.48 Å². The Morgan fingerprint density at radius 3 is 2.74 bits per heavy atom. The first-order valence-corrected chi connectivity index (χ1v) is 6.63. The molecule has 0 spiro atoms. The largest absolute Gasteiger partial charge is 0.444 e. The smallest absolute Gasteiger partial charge is 0.410 e. The van der Waals surface area contributed by atoms with Gasteiger partial charge in [0.15, 0.2) is 0 Å². The van der Waals surface area contributed by atoms with E-state index in [2.05, 4.69) is 5.10 Å². The maximum atomic E-state index is 12.0. The van der Waals surface area contributed by atoms with Crippen molar-refractivity contribution < 1.29 is 9.53 Å². The Balaban J connectivity index is 2.12. The number of carbonyl (C=O) groups is 1. The molecule has 1 aliphatic rings. The van der Waals surface area contributed by atoms with Crippen LogP contribution in [0.3, 0.4) is 0 Å². The third kappa shape index (κ3) is 2.83. The molecule has 1 aliphatic heterocycles. The lowest BCUT2D eigenvalue weighted by molar-refractivity contribution is 0.0221. The van der Waals surface area contributed by atoms with E-state index in [0.29, 0.717) is 13.1 Å². The molecule has 6 heteroatoms. The van der Waals surface area contributed by atoms with Gasteiger partial charge in [0.1, 0.15) is 11.4 Å². The van der Waals surface area contributed by atoms with Gasteiger partial charge < -0.3 is 15.4 Å². The zero-order chi connectivity index (χ0) is 14.2. The number of rotatable bonds is 1. The predicted molar refractivity (Wildman–Crippen MR) is 72.7 cm³/mol. The molecule has 0 unspecified atom stereocenters. The number of fused-ring (bicyclic) bond motifs is 1. The van der Waals surface area contributed by atoms with Crippen LogP contribution in [0.25, 0.3) is 0 Å². The Morgan fingerprint density at radius 2 is 2.16 bits per heavy atom. The summed E-state index contributed by atoms with van der Waals surface area (Å²) < 4.78 is 7.16. The molecule has 2 N–H and O–H groups in total. The first-order chi connectivity index (χ1) is 8.81. The van der Waals surface area contributed by atoms with E-state index in [1.807, 2.05) is 27.7 Å². The summed E-state index contributed by atoms with van der Waals surface area (Å²) in [5.41, 5.74) is 7.51. The fourth-order valence-electron chi connectivity index (χ4n) is 2.19. The second-order valence-electron chi connectivity index (χ2n) is 5.78. The average molecular weight is 266 g/mol. The lowest BCUT2D eigenvalue weighted by atomic mass is 10.1. The van der Waals surface area contributed by atoms with Crippen molar-refractivity contribution in [1.29, 1.82) is 0 Å². The van der Waals surface area contributed by atoms with Crippen LogP contribution in [0.15, 0.2) is 0 Å². The highest BCUT2D eigenvalue weighted by molar-refractivity contribution is 5.69. The molecule has 0 bridgehead atoms. The van der Waals surface area contributed by atoms with Crippen LogP contribution < -0.4 is 5.73 Å². The summed E-state index contributed by atoms with van der Waals surface area (Å²) in [4.78, 5) is 13.7. The van der Waals surface area contributed by atoms with Crippen molar-refractivity contribution in [2.45, 2.75) is 52.8 Å². The molecule has 106 valence electrons. The van der Waals surface area contributed by atoms with Gasteiger partial charge in [-0.1, -0.05) is 0 Å². The van der Waals surface area contributed by atoms with Crippen molar-refractivity contribution in [3.05, 3.63) is 11.3 Å². The number of ether oxygens (including phenoxy) is 1. The van der Waals surface area contributed by atoms with Gasteiger partial charge in [-0.3, -0.25) is 0 Å². The van der Waals surface area contributed by atoms with Gasteiger partial charge in [-0.2, -0.15) is 5.10 Å². The zero-order valence-electron chi connectivity index (χ0n) is 12.1. The summed E-state index contributed by atoms with van der Waals surface area (Å²) >= 11 is 0. The third-order valence-corrected chi connectivity index (χ3v) is 3.10. The zero-order valence-corrected chi connectivity index (χ0v) is 12.1. The molecule has 6 nitrogen and oxygen atoms in total. The van der Waals surface area contributed by atoms with Gasteiger partial charge in [-0.15, -0.1) is 0 Å². The molecule has 2 heterocycles. The van der Waals surface area contributed by atoms with Crippen molar-refractivity contribution in [2.75, 3.05) is 12.3 Å². The fraction of sp³-hybridized carbons (Fsp3) is 0.692. The first-order valence-electron chi connectivity index (χ1n) is 6.63. The molecule has 19 heavy (non-hydrogen) atoms. The van der Waals surface area contributed by atoms with Gasteiger partial charge in [0.2, 0.25) is 0 Å². The number of nitrogens with zero attached hydrogens (tertiary/aromatic N) is 3. The number of hydrogen-bond acceptors (Lipinski definition) is 4. The number of aromatic nitrogens is 2. The Kier molecular flexibility index (Phi) is 3.43. The lowest BCUT2D eigenvalue weighted by Gasteiger charge is -2.29. The molecule has 0 atom stereocenters. The quantitative estimate of drug-likeness (QED) is 0.841. The molecule has 1 aromatic heterocycles. The number of amides is 1. The minimum Gasteiger partial charge on any atom is -0.444 e. The third-order valence-electron chi connectivity index (χ3n) is 3.10. The van der Waals surface area contributed by atoms with E-state index in [4.69, 9.17) is 10.5 Å². The number of carbonyl (C=O) groups excluding carboxylic acids is 1. The molecule has 0 aliphatic carbocycles. The normalized spacial score (nSPS) is 15.3. The molecule has 0 fully saturated rings. The summed E-state index contributed by atoms with van der Waals surface area (Å²) in [5.74, 6) is 0.723. The standard InChI is InChI=1S/C13H22N4O2/c1-5-17-11(14)9-6-7-16(8-10(9)15-17)12(18)19-13(2,3)4/h5-8,14H2,1-4H3. The summed E-state index contributed by atoms with van der Waals surface area (Å²) in [5, 5.41) is 4.44. The van der Waals surface area contributed by atoms with Crippen LogP contribution in [0.1, 0.15) is 39.0 Å². The summed E-state index contributed by atoms with van der Waals surface area (Å²) in [6.45, 7) is 9.44. The molecular formula is C13H22N4O2. The Hall–Kier alpha value is -1.72. The maximum absolute atomic E-state index is 12.0. The van der Waals surface area contributed by atoms with Crippen molar-refractivity contribution in [1.82, 2.24) is 14.7 Å². The highest BCUT2D eigenvalue weighted by atomic mass is 16.6. The summed E-state index contributed by atoms with van der Waals surface area (Å²) in [6, 6.07) is 0. The van der Waals surface area contributed by atoms with E-state index in [1.165, 1.54) is 0 Å². The summed E-state index contributed by atoms with van der Waals surface area (Å²) in [6.07, 6.45) is 0.447. The van der Waals surface area contributed by atoms with Crippen LogP contribution in [0.5, 0.6) is 0 Å². The van der Waals surface area contributed by atoms with E-state index < -0.39 is 5.60 Å². The molecular weight excluding hydrogens is 244 g/mol. The van der Waals surface area contributed by atoms with Crippen LogP contribution in [0, 0.1) is 0 Å². The highest BCUT2D eigenvalue weighted by Gasteiger charge is 2.28. The van der Waals surface area contributed by atoms with Crippen LogP contribution in [0.2, 0.25) is 0 Å². The first kappa shape index (κ1) is 13.7. The molecule has 0 radical (unpaired) electrons. The maximum Gasteiger partial charge on any atom is 0.410 e. The number of nitrogens with two attached hydrogens (primary N) is 1. The highest BCUT2D eigenvalue weighted by Crippen LogP contribution is 2.24. The number of hydrogen-bond donors (Lipinski definition) is 1. The van der Waals surface area contributed by atoms with Crippen LogP contribution >= 0.6 is 0 Å². The second kappa shape index (κ2) is 4.75. The second-order valence-corrected chi connectivity index (χ2v) is 5.78. The van der Waals surface area contributed by atoms with Crippen molar-refractivity contribution in [2.24, 2.45) is 0 Å². The fourth-order valence-corrected chi connectivity index (χ4v) is 2.19. The predicted octanol–water partition coefficient (Wildman–Crippen LogP) is 1.78. The molecule has 1 amide bonds. The molecule has 0 saturated carbocycles. The Labute approximate surface area is 113 Å². The van der Waals surface area contributed by atoms with Crippen molar-refractivity contribution >= 4 is 11.9 Å². The topological polar surface area (TPSA) is 73.4 Å². The lowest BCUT2D eigenvalue weighted by Crippen LogP contribution is -2.39. The van der Waals surface area contributed by atoms with E-state index in [9.17, 15) is 4.79 Å². The monoisotopic (exact) mass is 266 g/mol. The SMILES string of the molecule is CCn1nc2c(c1N)CCN(C(=O)OC(C)(C)C)C2. The van der Waals surface area contributed by atoms with Crippen LogP contribution in [-0.2, 0) is 24.2 Å². The number of nitrogen functional groups attached to an aromatic ring is 1. The Bertz CT molecular complexity index is 488.